The molecule has 1 aliphatic carbocycles. The maximum absolute atomic E-state index is 3.76. The van der Waals surface area contributed by atoms with Crippen LogP contribution in [0.1, 0.15) is 59.8 Å². The SMILES string of the molecule is CCCCN(C)CC1CCCC(C)(C)C1NCC. The van der Waals surface area contributed by atoms with Gasteiger partial charge >= 0.3 is 0 Å². The number of hydrogen-bond donors (Lipinski definition) is 1. The second kappa shape index (κ2) is 7.49. The van der Waals surface area contributed by atoms with E-state index in [1.54, 1.807) is 0 Å². The van der Waals surface area contributed by atoms with Crippen molar-refractivity contribution in [3.63, 3.8) is 0 Å². The number of rotatable bonds is 7. The van der Waals surface area contributed by atoms with E-state index >= 15 is 0 Å². The Labute approximate surface area is 115 Å². The summed E-state index contributed by atoms with van der Waals surface area (Å²) in [4.78, 5) is 2.54. The van der Waals surface area contributed by atoms with Crippen molar-refractivity contribution in [2.45, 2.75) is 65.8 Å². The van der Waals surface area contributed by atoms with E-state index in [9.17, 15) is 0 Å². The number of nitrogens with zero attached hydrogens (tertiary/aromatic N) is 1. The predicted molar refractivity (Wildman–Crippen MR) is 81.0 cm³/mol. The molecule has 0 aromatic rings. The van der Waals surface area contributed by atoms with E-state index in [1.165, 1.54) is 45.2 Å². The molecule has 0 aromatic carbocycles. The highest BCUT2D eigenvalue weighted by molar-refractivity contribution is 4.94. The topological polar surface area (TPSA) is 15.3 Å². The van der Waals surface area contributed by atoms with E-state index in [-0.39, 0.29) is 0 Å². The van der Waals surface area contributed by atoms with Gasteiger partial charge in [0, 0.05) is 12.6 Å². The van der Waals surface area contributed by atoms with Crippen LogP contribution in [-0.4, -0.2) is 37.6 Å². The Morgan fingerprint density at radius 2 is 2.00 bits per heavy atom. The van der Waals surface area contributed by atoms with Crippen molar-refractivity contribution in [3.8, 4) is 0 Å². The Hall–Kier alpha value is -0.0800. The van der Waals surface area contributed by atoms with Gasteiger partial charge in [0.1, 0.15) is 0 Å². The van der Waals surface area contributed by atoms with Crippen molar-refractivity contribution >= 4 is 0 Å². The van der Waals surface area contributed by atoms with E-state index in [2.05, 4.69) is 45.0 Å². The molecule has 1 N–H and O–H groups in total. The van der Waals surface area contributed by atoms with Crippen molar-refractivity contribution in [2.24, 2.45) is 11.3 Å². The summed E-state index contributed by atoms with van der Waals surface area (Å²) in [6, 6.07) is 0.695. The molecule has 2 nitrogen and oxygen atoms in total. The third-order valence-electron chi connectivity index (χ3n) is 4.57. The highest BCUT2D eigenvalue weighted by atomic mass is 15.1. The lowest BCUT2D eigenvalue weighted by Crippen LogP contribution is -2.52. The van der Waals surface area contributed by atoms with E-state index in [0.29, 0.717) is 11.5 Å². The molecular weight excluding hydrogens is 220 g/mol. The number of unbranched alkanes of at least 4 members (excludes halogenated alkanes) is 1. The molecule has 1 rings (SSSR count). The molecule has 1 aliphatic rings. The van der Waals surface area contributed by atoms with Crippen LogP contribution in [0.2, 0.25) is 0 Å². The Balaban J connectivity index is 2.55. The lowest BCUT2D eigenvalue weighted by atomic mass is 9.67. The maximum Gasteiger partial charge on any atom is 0.0159 e. The van der Waals surface area contributed by atoms with Gasteiger partial charge in [0.25, 0.3) is 0 Å². The first-order chi connectivity index (χ1) is 8.51. The summed E-state index contributed by atoms with van der Waals surface area (Å²) in [6.07, 6.45) is 6.81. The molecule has 0 bridgehead atoms. The van der Waals surface area contributed by atoms with Gasteiger partial charge in [0.15, 0.2) is 0 Å². The van der Waals surface area contributed by atoms with Crippen LogP contribution >= 0.6 is 0 Å². The van der Waals surface area contributed by atoms with Gasteiger partial charge in [-0.3, -0.25) is 0 Å². The number of hydrogen-bond acceptors (Lipinski definition) is 2. The van der Waals surface area contributed by atoms with Crippen LogP contribution in [0.3, 0.4) is 0 Å². The third-order valence-corrected chi connectivity index (χ3v) is 4.57. The Morgan fingerprint density at radius 3 is 2.61 bits per heavy atom. The van der Waals surface area contributed by atoms with Crippen LogP contribution in [0, 0.1) is 11.3 Å². The molecule has 108 valence electrons. The zero-order valence-corrected chi connectivity index (χ0v) is 13.3. The molecule has 0 saturated heterocycles. The molecule has 0 amide bonds. The molecule has 0 aromatic heterocycles. The smallest absolute Gasteiger partial charge is 0.0159 e. The van der Waals surface area contributed by atoms with Crippen molar-refractivity contribution < 1.29 is 0 Å². The average molecular weight is 254 g/mol. The normalized spacial score (nSPS) is 27.7. The number of nitrogens with one attached hydrogen (secondary N) is 1. The van der Waals surface area contributed by atoms with Crippen LogP contribution in [0.5, 0.6) is 0 Å². The zero-order chi connectivity index (χ0) is 13.6. The van der Waals surface area contributed by atoms with Crippen LogP contribution in [0.15, 0.2) is 0 Å². The minimum atomic E-state index is 0.463. The van der Waals surface area contributed by atoms with Gasteiger partial charge in [-0.15, -0.1) is 0 Å². The fourth-order valence-corrected chi connectivity index (χ4v) is 3.56. The monoisotopic (exact) mass is 254 g/mol. The third kappa shape index (κ3) is 4.55. The van der Waals surface area contributed by atoms with Crippen molar-refractivity contribution in [1.82, 2.24) is 10.2 Å². The summed E-state index contributed by atoms with van der Waals surface area (Å²) in [5, 5.41) is 3.76. The summed E-state index contributed by atoms with van der Waals surface area (Å²) >= 11 is 0. The molecule has 18 heavy (non-hydrogen) atoms. The fraction of sp³-hybridized carbons (Fsp3) is 1.00. The second-order valence-corrected chi connectivity index (χ2v) is 6.79. The van der Waals surface area contributed by atoms with Crippen molar-refractivity contribution in [2.75, 3.05) is 26.7 Å². The molecule has 2 heteroatoms. The van der Waals surface area contributed by atoms with Gasteiger partial charge in [-0.05, 0) is 50.7 Å². The standard InChI is InChI=1S/C16H34N2/c1-6-8-12-18(5)13-14-10-9-11-16(3,4)15(14)17-7-2/h14-15,17H,6-13H2,1-5H3. The van der Waals surface area contributed by atoms with E-state index < -0.39 is 0 Å². The molecule has 1 fully saturated rings. The minimum Gasteiger partial charge on any atom is -0.313 e. The average Bonchev–Trinajstić information content (AvgIpc) is 2.30. The fourth-order valence-electron chi connectivity index (χ4n) is 3.56. The molecule has 2 atom stereocenters. The van der Waals surface area contributed by atoms with Crippen LogP contribution in [0.25, 0.3) is 0 Å². The first kappa shape index (κ1) is 16.0. The summed E-state index contributed by atoms with van der Waals surface area (Å²) in [6.45, 7) is 13.0. The quantitative estimate of drug-likeness (QED) is 0.748. The van der Waals surface area contributed by atoms with Gasteiger partial charge in [-0.2, -0.15) is 0 Å². The highest BCUT2D eigenvalue weighted by Gasteiger charge is 2.38. The van der Waals surface area contributed by atoms with E-state index in [0.717, 1.165) is 12.5 Å². The molecule has 0 heterocycles. The first-order valence-electron chi connectivity index (χ1n) is 7.93. The van der Waals surface area contributed by atoms with Gasteiger partial charge in [-0.1, -0.05) is 40.5 Å². The Bertz CT molecular complexity index is 225. The summed E-state index contributed by atoms with van der Waals surface area (Å²) < 4.78 is 0. The Kier molecular flexibility index (Phi) is 6.65. The summed E-state index contributed by atoms with van der Waals surface area (Å²) in [5.74, 6) is 0.829. The molecule has 1 saturated carbocycles. The zero-order valence-electron chi connectivity index (χ0n) is 13.3. The Morgan fingerprint density at radius 1 is 1.28 bits per heavy atom. The van der Waals surface area contributed by atoms with Gasteiger partial charge in [-0.25, -0.2) is 0 Å². The highest BCUT2D eigenvalue weighted by Crippen LogP contribution is 2.39. The molecule has 2 unspecified atom stereocenters. The van der Waals surface area contributed by atoms with Gasteiger partial charge < -0.3 is 10.2 Å². The lowest BCUT2D eigenvalue weighted by molar-refractivity contribution is 0.0861. The predicted octanol–water partition coefficient (Wildman–Crippen LogP) is 3.52. The molecule has 0 aliphatic heterocycles. The molecular formula is C16H34N2. The summed E-state index contributed by atoms with van der Waals surface area (Å²) in [7, 11) is 2.29. The largest absolute Gasteiger partial charge is 0.313 e. The van der Waals surface area contributed by atoms with Crippen LogP contribution in [-0.2, 0) is 0 Å². The van der Waals surface area contributed by atoms with Gasteiger partial charge in [0.05, 0.1) is 0 Å². The molecule has 0 spiro atoms. The van der Waals surface area contributed by atoms with E-state index in [4.69, 9.17) is 0 Å². The van der Waals surface area contributed by atoms with E-state index in [1.807, 2.05) is 0 Å². The second-order valence-electron chi connectivity index (χ2n) is 6.79. The first-order valence-corrected chi connectivity index (χ1v) is 7.93. The van der Waals surface area contributed by atoms with Crippen molar-refractivity contribution in [3.05, 3.63) is 0 Å². The minimum absolute atomic E-state index is 0.463. The summed E-state index contributed by atoms with van der Waals surface area (Å²) in [5.41, 5.74) is 0.463. The van der Waals surface area contributed by atoms with Crippen LogP contribution in [0.4, 0.5) is 0 Å². The molecule has 0 radical (unpaired) electrons. The van der Waals surface area contributed by atoms with Gasteiger partial charge in [0.2, 0.25) is 0 Å². The maximum atomic E-state index is 3.76. The lowest BCUT2D eigenvalue weighted by Gasteiger charge is -2.45. The van der Waals surface area contributed by atoms with Crippen molar-refractivity contribution in [1.29, 1.82) is 0 Å². The van der Waals surface area contributed by atoms with Crippen LogP contribution < -0.4 is 5.32 Å².